The maximum absolute atomic E-state index is 9.25. The Kier molecular flexibility index (Phi) is 5.61. The molecule has 1 aromatic carbocycles. The molecule has 0 aliphatic carbocycles. The van der Waals surface area contributed by atoms with Gasteiger partial charge in [-0.3, -0.25) is 0 Å². The molecule has 23 heavy (non-hydrogen) atoms. The van der Waals surface area contributed by atoms with E-state index in [4.69, 9.17) is 10.5 Å². The van der Waals surface area contributed by atoms with Crippen LogP contribution < -0.4 is 10.2 Å². The Labute approximate surface area is 137 Å². The number of anilines is 2. The highest BCUT2D eigenvalue weighted by Gasteiger charge is 2.15. The zero-order chi connectivity index (χ0) is 16.7. The molecule has 0 amide bonds. The van der Waals surface area contributed by atoms with Gasteiger partial charge in [0, 0.05) is 13.1 Å². The van der Waals surface area contributed by atoms with E-state index in [2.05, 4.69) is 10.2 Å². The van der Waals surface area contributed by atoms with Gasteiger partial charge in [0.2, 0.25) is 0 Å². The maximum atomic E-state index is 9.25. The number of allylic oxidation sites excluding steroid dienone is 2. The third-order valence-electron chi connectivity index (χ3n) is 3.94. The van der Waals surface area contributed by atoms with Crippen LogP contribution in [0.15, 0.2) is 29.5 Å². The first-order valence-electron chi connectivity index (χ1n) is 7.76. The van der Waals surface area contributed by atoms with E-state index in [-0.39, 0.29) is 11.3 Å². The number of hydrogen-bond donors (Lipinski definition) is 1. The lowest BCUT2D eigenvalue weighted by Gasteiger charge is -2.26. The molecular formula is C18H19N5. The molecule has 2 rings (SSSR count). The lowest BCUT2D eigenvalue weighted by molar-refractivity contribution is 0.726. The average Bonchev–Trinajstić information content (AvgIpc) is 2.84. The van der Waals surface area contributed by atoms with Crippen LogP contribution in [0.1, 0.15) is 31.2 Å². The number of benzene rings is 1. The summed E-state index contributed by atoms with van der Waals surface area (Å²) in [6.45, 7) is 3.93. The number of aryl methyl sites for hydroxylation is 1. The second-order valence-electron chi connectivity index (χ2n) is 5.63. The summed E-state index contributed by atoms with van der Waals surface area (Å²) in [5, 5.41) is 30.2. The third kappa shape index (κ3) is 4.02. The number of rotatable bonds is 3. The molecule has 1 N–H and O–H groups in total. The molecule has 1 fully saturated rings. The van der Waals surface area contributed by atoms with Gasteiger partial charge in [-0.1, -0.05) is 18.9 Å². The first-order chi connectivity index (χ1) is 11.2. The van der Waals surface area contributed by atoms with E-state index in [9.17, 15) is 5.26 Å². The first-order valence-corrected chi connectivity index (χ1v) is 7.76. The van der Waals surface area contributed by atoms with Gasteiger partial charge in [-0.05, 0) is 37.5 Å². The Morgan fingerprint density at radius 1 is 1.00 bits per heavy atom. The maximum Gasteiger partial charge on any atom is 0.163 e. The minimum Gasteiger partial charge on any atom is -0.370 e. The summed E-state index contributed by atoms with van der Waals surface area (Å²) in [4.78, 5) is 2.31. The van der Waals surface area contributed by atoms with Crippen LogP contribution in [0.2, 0.25) is 0 Å². The van der Waals surface area contributed by atoms with E-state index in [0.29, 0.717) is 0 Å². The Hall–Kier alpha value is -2.97. The highest BCUT2D eigenvalue weighted by Crippen LogP contribution is 2.30. The highest BCUT2D eigenvalue weighted by atomic mass is 15.1. The van der Waals surface area contributed by atoms with Crippen LogP contribution in [-0.2, 0) is 0 Å². The van der Waals surface area contributed by atoms with Crippen molar-refractivity contribution < 1.29 is 0 Å². The van der Waals surface area contributed by atoms with Crippen LogP contribution in [0.25, 0.3) is 0 Å². The predicted molar refractivity (Wildman–Crippen MR) is 89.3 cm³/mol. The fraction of sp³-hybridized carbons (Fsp3) is 0.389. The van der Waals surface area contributed by atoms with E-state index >= 15 is 0 Å². The minimum absolute atomic E-state index is 0.00308. The number of nitriles is 3. The Bertz CT molecular complexity index is 703. The zero-order valence-corrected chi connectivity index (χ0v) is 13.3. The van der Waals surface area contributed by atoms with Gasteiger partial charge in [-0.25, -0.2) is 0 Å². The molecule has 0 spiro atoms. The van der Waals surface area contributed by atoms with Gasteiger partial charge in [-0.15, -0.1) is 0 Å². The monoisotopic (exact) mass is 305 g/mol. The van der Waals surface area contributed by atoms with Crippen molar-refractivity contribution in [1.82, 2.24) is 0 Å². The van der Waals surface area contributed by atoms with Crippen molar-refractivity contribution in [3.05, 3.63) is 35.0 Å². The fourth-order valence-electron chi connectivity index (χ4n) is 2.76. The van der Waals surface area contributed by atoms with E-state index in [1.54, 1.807) is 12.1 Å². The summed E-state index contributed by atoms with van der Waals surface area (Å²) < 4.78 is 0. The quantitative estimate of drug-likeness (QED) is 0.862. The van der Waals surface area contributed by atoms with Crippen LogP contribution in [0, 0.1) is 40.9 Å². The molecule has 0 radical (unpaired) electrons. The summed E-state index contributed by atoms with van der Waals surface area (Å²) in [5.41, 5.74) is 2.64. The zero-order valence-electron chi connectivity index (χ0n) is 13.3. The van der Waals surface area contributed by atoms with E-state index in [0.717, 1.165) is 42.9 Å². The molecule has 0 atom stereocenters. The van der Waals surface area contributed by atoms with Crippen molar-refractivity contribution >= 4 is 11.4 Å². The number of nitrogens with zero attached hydrogens (tertiary/aromatic N) is 4. The number of nitrogens with one attached hydrogen (secondary N) is 1. The van der Waals surface area contributed by atoms with Gasteiger partial charge in [0.05, 0.1) is 11.4 Å². The summed E-state index contributed by atoms with van der Waals surface area (Å²) in [7, 11) is 0. The molecule has 1 aliphatic rings. The standard InChI is InChI=1S/C18H19N5/c1-14-6-7-18(23-8-4-2-3-5-9-23)16(10-14)22-17(13-21)15(11-19)12-20/h6-7,10,22H,2-5,8-9H2,1H3. The molecule has 1 saturated heterocycles. The van der Waals surface area contributed by atoms with Gasteiger partial charge in [0.1, 0.15) is 23.9 Å². The number of hydrogen-bond acceptors (Lipinski definition) is 5. The molecule has 5 nitrogen and oxygen atoms in total. The third-order valence-corrected chi connectivity index (χ3v) is 3.94. The lowest BCUT2D eigenvalue weighted by Crippen LogP contribution is -2.25. The van der Waals surface area contributed by atoms with Crippen LogP contribution in [-0.4, -0.2) is 13.1 Å². The molecule has 1 heterocycles. The smallest absolute Gasteiger partial charge is 0.163 e. The topological polar surface area (TPSA) is 86.6 Å². The molecule has 0 saturated carbocycles. The summed E-state index contributed by atoms with van der Waals surface area (Å²) >= 11 is 0. The Morgan fingerprint density at radius 3 is 2.22 bits per heavy atom. The van der Waals surface area contributed by atoms with Crippen LogP contribution in [0.3, 0.4) is 0 Å². The van der Waals surface area contributed by atoms with Gasteiger partial charge in [-0.2, -0.15) is 15.8 Å². The molecule has 0 aromatic heterocycles. The van der Waals surface area contributed by atoms with E-state index in [1.807, 2.05) is 31.2 Å². The minimum atomic E-state index is -0.198. The SMILES string of the molecule is Cc1ccc(N2CCCCCC2)c(NC(C#N)=C(C#N)C#N)c1. The van der Waals surface area contributed by atoms with Crippen molar-refractivity contribution in [3.63, 3.8) is 0 Å². The van der Waals surface area contributed by atoms with Crippen molar-refractivity contribution in [2.24, 2.45) is 0 Å². The fourth-order valence-corrected chi connectivity index (χ4v) is 2.76. The van der Waals surface area contributed by atoms with Crippen LogP contribution in [0.4, 0.5) is 11.4 Å². The first kappa shape index (κ1) is 16.4. The molecule has 0 bridgehead atoms. The lowest BCUT2D eigenvalue weighted by atomic mass is 10.1. The molecule has 1 aliphatic heterocycles. The van der Waals surface area contributed by atoms with E-state index in [1.165, 1.54) is 12.8 Å². The van der Waals surface area contributed by atoms with Crippen molar-refractivity contribution in [2.45, 2.75) is 32.6 Å². The summed E-state index contributed by atoms with van der Waals surface area (Å²) in [6, 6.07) is 11.5. The molecule has 116 valence electrons. The normalized spacial score (nSPS) is 13.9. The van der Waals surface area contributed by atoms with Crippen molar-refractivity contribution in [3.8, 4) is 18.2 Å². The summed E-state index contributed by atoms with van der Waals surface area (Å²) in [5.74, 6) is 0. The van der Waals surface area contributed by atoms with Gasteiger partial charge in [0.15, 0.2) is 5.57 Å². The van der Waals surface area contributed by atoms with Crippen molar-refractivity contribution in [2.75, 3.05) is 23.3 Å². The largest absolute Gasteiger partial charge is 0.370 e. The molecule has 0 unspecified atom stereocenters. The predicted octanol–water partition coefficient (Wildman–Crippen LogP) is 3.61. The Morgan fingerprint density at radius 2 is 1.65 bits per heavy atom. The molecule has 5 heteroatoms. The molecule has 1 aromatic rings. The summed E-state index contributed by atoms with van der Waals surface area (Å²) in [6.07, 6.45) is 4.77. The highest BCUT2D eigenvalue weighted by molar-refractivity contribution is 5.74. The van der Waals surface area contributed by atoms with Crippen LogP contribution >= 0.6 is 0 Å². The van der Waals surface area contributed by atoms with Gasteiger partial charge >= 0.3 is 0 Å². The van der Waals surface area contributed by atoms with Gasteiger partial charge < -0.3 is 10.2 Å². The van der Waals surface area contributed by atoms with E-state index < -0.39 is 0 Å². The molecular weight excluding hydrogens is 286 g/mol. The second kappa shape index (κ2) is 7.87. The van der Waals surface area contributed by atoms with Crippen LogP contribution in [0.5, 0.6) is 0 Å². The average molecular weight is 305 g/mol. The second-order valence-corrected chi connectivity index (χ2v) is 5.63. The Balaban J connectivity index is 2.40. The van der Waals surface area contributed by atoms with Gasteiger partial charge in [0.25, 0.3) is 0 Å². The van der Waals surface area contributed by atoms with Crippen molar-refractivity contribution in [1.29, 1.82) is 15.8 Å².